The van der Waals surface area contributed by atoms with E-state index in [1.165, 1.54) is 0 Å². The van der Waals surface area contributed by atoms with Crippen LogP contribution in [0.15, 0.2) is 6.33 Å². The van der Waals surface area contributed by atoms with E-state index >= 15 is 0 Å². The van der Waals surface area contributed by atoms with Crippen molar-refractivity contribution in [1.29, 1.82) is 5.26 Å². The van der Waals surface area contributed by atoms with Gasteiger partial charge in [0.25, 0.3) is 0 Å². The number of aromatic nitrogens is 2. The highest BCUT2D eigenvalue weighted by atomic mass is 16.5. The second kappa shape index (κ2) is 7.23. The first-order valence-electron chi connectivity index (χ1n) is 7.52. The van der Waals surface area contributed by atoms with Gasteiger partial charge in [0, 0.05) is 18.7 Å². The number of rotatable bonds is 5. The Balaban J connectivity index is 2.31. The summed E-state index contributed by atoms with van der Waals surface area (Å²) in [4.78, 5) is 11.0. The van der Waals surface area contributed by atoms with Crippen LogP contribution in [0.1, 0.15) is 38.7 Å². The number of hydrogen-bond donors (Lipinski definition) is 1. The summed E-state index contributed by atoms with van der Waals surface area (Å²) in [6.45, 7) is 9.16. The monoisotopic (exact) mass is 289 g/mol. The molecule has 1 aliphatic rings. The normalized spacial score (nSPS) is 18.6. The minimum absolute atomic E-state index is 0.309. The highest BCUT2D eigenvalue weighted by Gasteiger charge is 2.25. The third-order valence-corrected chi connectivity index (χ3v) is 3.49. The van der Waals surface area contributed by atoms with E-state index in [0.717, 1.165) is 36.7 Å². The molecule has 114 valence electrons. The van der Waals surface area contributed by atoms with Gasteiger partial charge in [0.2, 0.25) is 0 Å². The molecule has 0 aliphatic carbocycles. The molecule has 0 spiro atoms. The standard InChI is InChI=1S/C15H23N5O/c1-4-5-17-14-13(11(2)3)15(19-10-18-14)20-6-7-21-12(8-16)9-20/h10-12H,4-7,9H2,1-3H3,(H,17,18,19). The third kappa shape index (κ3) is 3.61. The van der Waals surface area contributed by atoms with Gasteiger partial charge in [-0.3, -0.25) is 0 Å². The summed E-state index contributed by atoms with van der Waals surface area (Å²) in [5, 5.41) is 12.4. The zero-order valence-corrected chi connectivity index (χ0v) is 13.0. The second-order valence-electron chi connectivity index (χ2n) is 5.48. The first-order valence-corrected chi connectivity index (χ1v) is 7.52. The average molecular weight is 289 g/mol. The summed E-state index contributed by atoms with van der Waals surface area (Å²) in [5.41, 5.74) is 1.12. The molecule has 1 atom stereocenters. The van der Waals surface area contributed by atoms with Gasteiger partial charge in [-0.1, -0.05) is 20.8 Å². The Morgan fingerprint density at radius 1 is 1.52 bits per heavy atom. The molecule has 0 saturated carbocycles. The van der Waals surface area contributed by atoms with E-state index in [0.29, 0.717) is 19.1 Å². The van der Waals surface area contributed by atoms with Crippen molar-refractivity contribution < 1.29 is 4.74 Å². The Kier molecular flexibility index (Phi) is 5.34. The molecule has 1 aliphatic heterocycles. The van der Waals surface area contributed by atoms with Gasteiger partial charge in [-0.2, -0.15) is 5.26 Å². The predicted molar refractivity (Wildman–Crippen MR) is 82.5 cm³/mol. The summed E-state index contributed by atoms with van der Waals surface area (Å²) in [6, 6.07) is 2.18. The van der Waals surface area contributed by atoms with Gasteiger partial charge in [-0.05, 0) is 12.3 Å². The van der Waals surface area contributed by atoms with Gasteiger partial charge in [0.05, 0.1) is 19.2 Å². The zero-order chi connectivity index (χ0) is 15.2. The van der Waals surface area contributed by atoms with Crippen LogP contribution in [0.25, 0.3) is 0 Å². The number of morpholine rings is 1. The molecule has 1 fully saturated rings. The molecule has 21 heavy (non-hydrogen) atoms. The zero-order valence-electron chi connectivity index (χ0n) is 13.0. The number of nitrogens with one attached hydrogen (secondary N) is 1. The van der Waals surface area contributed by atoms with Crippen LogP contribution in [0.4, 0.5) is 11.6 Å². The number of hydrogen-bond acceptors (Lipinski definition) is 6. The maximum atomic E-state index is 9.06. The van der Waals surface area contributed by atoms with Gasteiger partial charge in [-0.15, -0.1) is 0 Å². The van der Waals surface area contributed by atoms with Gasteiger partial charge >= 0.3 is 0 Å². The van der Waals surface area contributed by atoms with Crippen molar-refractivity contribution >= 4 is 11.6 Å². The fraction of sp³-hybridized carbons (Fsp3) is 0.667. The summed E-state index contributed by atoms with van der Waals surface area (Å²) >= 11 is 0. The van der Waals surface area contributed by atoms with Crippen molar-refractivity contribution in [3.63, 3.8) is 0 Å². The van der Waals surface area contributed by atoms with Crippen LogP contribution in [0, 0.1) is 11.3 Å². The first-order chi connectivity index (χ1) is 10.2. The van der Waals surface area contributed by atoms with Crippen molar-refractivity contribution in [2.45, 2.75) is 39.2 Å². The third-order valence-electron chi connectivity index (χ3n) is 3.49. The van der Waals surface area contributed by atoms with E-state index in [1.807, 2.05) is 0 Å². The second-order valence-corrected chi connectivity index (χ2v) is 5.48. The minimum atomic E-state index is -0.388. The maximum Gasteiger partial charge on any atom is 0.161 e. The molecular weight excluding hydrogens is 266 g/mol. The lowest BCUT2D eigenvalue weighted by Crippen LogP contribution is -2.42. The van der Waals surface area contributed by atoms with Crippen molar-refractivity contribution in [3.05, 3.63) is 11.9 Å². The lowest BCUT2D eigenvalue weighted by molar-refractivity contribution is 0.0760. The Hall–Kier alpha value is -1.87. The fourth-order valence-corrected chi connectivity index (χ4v) is 2.47. The van der Waals surface area contributed by atoms with E-state index in [9.17, 15) is 0 Å². The highest BCUT2D eigenvalue weighted by molar-refractivity contribution is 5.60. The van der Waals surface area contributed by atoms with Crippen LogP contribution < -0.4 is 10.2 Å². The van der Waals surface area contributed by atoms with Crippen LogP contribution in [-0.2, 0) is 4.74 Å². The van der Waals surface area contributed by atoms with Crippen LogP contribution in [0.5, 0.6) is 0 Å². The minimum Gasteiger partial charge on any atom is -0.370 e. The van der Waals surface area contributed by atoms with Gasteiger partial charge in [0.1, 0.15) is 18.0 Å². The number of nitriles is 1. The van der Waals surface area contributed by atoms with E-state index in [2.05, 4.69) is 47.0 Å². The topological polar surface area (TPSA) is 74.1 Å². The smallest absolute Gasteiger partial charge is 0.161 e. The maximum absolute atomic E-state index is 9.06. The van der Waals surface area contributed by atoms with E-state index in [-0.39, 0.29) is 6.10 Å². The van der Waals surface area contributed by atoms with Crippen molar-refractivity contribution in [2.75, 3.05) is 36.5 Å². The Bertz CT molecular complexity index is 511. The quantitative estimate of drug-likeness (QED) is 0.895. The highest BCUT2D eigenvalue weighted by Crippen LogP contribution is 2.31. The number of nitrogens with zero attached hydrogens (tertiary/aromatic N) is 4. The molecule has 0 aromatic carbocycles. The molecule has 6 nitrogen and oxygen atoms in total. The lowest BCUT2D eigenvalue weighted by Gasteiger charge is -2.33. The molecule has 1 N–H and O–H groups in total. The van der Waals surface area contributed by atoms with E-state index < -0.39 is 0 Å². The number of ether oxygens (including phenoxy) is 1. The molecule has 1 unspecified atom stereocenters. The van der Waals surface area contributed by atoms with Gasteiger partial charge in [-0.25, -0.2) is 9.97 Å². The fourth-order valence-electron chi connectivity index (χ4n) is 2.47. The molecule has 0 radical (unpaired) electrons. The van der Waals surface area contributed by atoms with E-state index in [4.69, 9.17) is 10.00 Å². The Morgan fingerprint density at radius 3 is 3.00 bits per heavy atom. The van der Waals surface area contributed by atoms with Crippen molar-refractivity contribution in [1.82, 2.24) is 9.97 Å². The summed E-state index contributed by atoms with van der Waals surface area (Å²) in [5.74, 6) is 2.13. The molecule has 1 saturated heterocycles. The summed E-state index contributed by atoms with van der Waals surface area (Å²) in [7, 11) is 0. The summed E-state index contributed by atoms with van der Waals surface area (Å²) in [6.07, 6.45) is 2.25. The molecule has 2 rings (SSSR count). The van der Waals surface area contributed by atoms with Gasteiger partial charge in [0.15, 0.2) is 6.10 Å². The Morgan fingerprint density at radius 2 is 2.33 bits per heavy atom. The SMILES string of the molecule is CCCNc1ncnc(N2CCOC(C#N)C2)c1C(C)C. The molecule has 6 heteroatoms. The Labute approximate surface area is 126 Å². The predicted octanol–water partition coefficient (Wildman–Crippen LogP) is 2.15. The molecular formula is C15H23N5O. The molecule has 0 amide bonds. The number of anilines is 2. The molecule has 2 heterocycles. The lowest BCUT2D eigenvalue weighted by atomic mass is 10.0. The summed E-state index contributed by atoms with van der Waals surface area (Å²) < 4.78 is 5.41. The van der Waals surface area contributed by atoms with Crippen LogP contribution in [0.3, 0.4) is 0 Å². The van der Waals surface area contributed by atoms with Crippen LogP contribution in [0.2, 0.25) is 0 Å². The van der Waals surface area contributed by atoms with Gasteiger partial charge < -0.3 is 15.0 Å². The largest absolute Gasteiger partial charge is 0.370 e. The molecule has 1 aromatic heterocycles. The molecule has 0 bridgehead atoms. The van der Waals surface area contributed by atoms with Crippen molar-refractivity contribution in [2.24, 2.45) is 0 Å². The van der Waals surface area contributed by atoms with Crippen LogP contribution >= 0.6 is 0 Å². The average Bonchev–Trinajstić information content (AvgIpc) is 2.52. The molecule has 1 aromatic rings. The van der Waals surface area contributed by atoms with Crippen molar-refractivity contribution in [3.8, 4) is 6.07 Å². The first kappa shape index (κ1) is 15.5. The van der Waals surface area contributed by atoms with E-state index in [1.54, 1.807) is 6.33 Å². The van der Waals surface area contributed by atoms with Crippen LogP contribution in [-0.4, -0.2) is 42.3 Å².